The summed E-state index contributed by atoms with van der Waals surface area (Å²) >= 11 is 0. The Kier molecular flexibility index (Phi) is 10.2. The van der Waals surface area contributed by atoms with Crippen molar-refractivity contribution in [3.05, 3.63) is 117 Å². The van der Waals surface area contributed by atoms with E-state index in [2.05, 4.69) is 55.3 Å². The molecular weight excluding hydrogens is 566 g/mol. The molecule has 4 heterocycles. The van der Waals surface area contributed by atoms with Crippen LogP contribution in [0, 0.1) is 27.7 Å². The molecule has 6 nitrogen and oxygen atoms in total. The molecule has 0 aliphatic carbocycles. The fourth-order valence-electron chi connectivity index (χ4n) is 6.56. The number of nitrogens with one attached hydrogen (secondary N) is 1. The SMILES string of the molecule is C.Cc1cc2c(cc1C)C(=O)N1c3ccccc3C[C@H]1C=N2.Cc1cc2c(cc1C)C(=O)N1c3ccccc3C[C@H]1CN2.[B].[H-].[Na+]. The summed E-state index contributed by atoms with van der Waals surface area (Å²) in [6, 6.07) is 24.7. The fourth-order valence-corrected chi connectivity index (χ4v) is 6.56. The number of nitrogens with zero attached hydrogens (tertiary/aromatic N) is 3. The average molecular weight is 606 g/mol. The number of carbonyl (C=O) groups is 2. The van der Waals surface area contributed by atoms with Crippen molar-refractivity contribution in [1.29, 1.82) is 0 Å². The Morgan fingerprint density at radius 2 is 1.27 bits per heavy atom. The Labute approximate surface area is 292 Å². The van der Waals surface area contributed by atoms with Gasteiger partial charge in [0.1, 0.15) is 0 Å². The number of hydrogen-bond donors (Lipinski definition) is 1. The van der Waals surface area contributed by atoms with Gasteiger partial charge < -0.3 is 11.6 Å². The van der Waals surface area contributed by atoms with Crippen molar-refractivity contribution < 1.29 is 40.6 Å². The van der Waals surface area contributed by atoms with Gasteiger partial charge in [0.05, 0.1) is 28.9 Å². The van der Waals surface area contributed by atoms with Crippen LogP contribution in [0.4, 0.5) is 22.7 Å². The first-order valence-electron chi connectivity index (χ1n) is 14.6. The van der Waals surface area contributed by atoms with Crippen LogP contribution in [-0.2, 0) is 12.8 Å². The number of rotatable bonds is 0. The average Bonchev–Trinajstić information content (AvgIpc) is 3.48. The summed E-state index contributed by atoms with van der Waals surface area (Å²) in [5.74, 6) is 0.175. The number of aryl methyl sites for hydroxylation is 4. The van der Waals surface area contributed by atoms with Gasteiger partial charge in [0, 0.05) is 44.7 Å². The third kappa shape index (κ3) is 5.89. The molecule has 0 fully saturated rings. The van der Waals surface area contributed by atoms with E-state index < -0.39 is 0 Å². The normalized spacial score (nSPS) is 18.0. The van der Waals surface area contributed by atoms with E-state index >= 15 is 0 Å². The van der Waals surface area contributed by atoms with E-state index in [1.165, 1.54) is 22.3 Å². The number of benzene rings is 4. The number of aliphatic imine (C=N–C) groups is 1. The van der Waals surface area contributed by atoms with Gasteiger partial charge in [-0.1, -0.05) is 43.8 Å². The molecule has 3 radical (unpaired) electrons. The zero-order valence-electron chi connectivity index (χ0n) is 27.0. The van der Waals surface area contributed by atoms with E-state index in [0.717, 1.165) is 58.8 Å². The zero-order chi connectivity index (χ0) is 29.1. The predicted octanol–water partition coefficient (Wildman–Crippen LogP) is 4.26. The van der Waals surface area contributed by atoms with E-state index in [4.69, 9.17) is 0 Å². The molecular formula is C37H39BN4NaO2. The molecule has 2 amide bonds. The second kappa shape index (κ2) is 13.4. The maximum absolute atomic E-state index is 13.0. The minimum absolute atomic E-state index is 0. The van der Waals surface area contributed by atoms with Crippen LogP contribution < -0.4 is 44.7 Å². The first-order valence-corrected chi connectivity index (χ1v) is 14.6. The monoisotopic (exact) mass is 605 g/mol. The number of amides is 2. The van der Waals surface area contributed by atoms with Crippen LogP contribution in [0.25, 0.3) is 0 Å². The standard InChI is InChI=1S/C18H18N2O.C18H16N2O.CH4.B.Na.H/c2*1-11-7-15-16(8-12(11)2)19-10-14-9-13-5-3-4-6-17(13)20(14)18(15)21;;;;/h3-8,14,19H,9-10H2,1-2H3;3-8,10,14H,9H2,1-2H3;1H4;;;/q;;;;+1;-1/t2*14-;;;;/m00..../s1. The molecule has 4 aliphatic rings. The van der Waals surface area contributed by atoms with Gasteiger partial charge >= 0.3 is 29.6 Å². The van der Waals surface area contributed by atoms with Gasteiger partial charge in [-0.2, -0.15) is 0 Å². The van der Waals surface area contributed by atoms with Crippen molar-refractivity contribution in [2.75, 3.05) is 21.7 Å². The Morgan fingerprint density at radius 1 is 0.733 bits per heavy atom. The fraction of sp³-hybridized carbons (Fsp3) is 0.270. The first kappa shape index (κ1) is 34.2. The maximum Gasteiger partial charge on any atom is 1.00 e. The molecule has 4 aromatic carbocycles. The molecule has 2 atom stereocenters. The molecule has 0 spiro atoms. The van der Waals surface area contributed by atoms with Gasteiger partial charge in [0.25, 0.3) is 11.8 Å². The molecule has 8 heteroatoms. The summed E-state index contributed by atoms with van der Waals surface area (Å²) in [5.41, 5.74) is 12.5. The summed E-state index contributed by atoms with van der Waals surface area (Å²) in [5, 5.41) is 3.47. The Morgan fingerprint density at radius 3 is 1.96 bits per heavy atom. The summed E-state index contributed by atoms with van der Waals surface area (Å²) in [7, 11) is 0. The molecule has 0 unspecified atom stereocenters. The second-order valence-electron chi connectivity index (χ2n) is 11.8. The molecule has 0 aromatic heterocycles. The molecule has 1 N–H and O–H groups in total. The summed E-state index contributed by atoms with van der Waals surface area (Å²) in [6.07, 6.45) is 3.69. The minimum Gasteiger partial charge on any atom is -1.00 e. The molecule has 0 saturated heterocycles. The van der Waals surface area contributed by atoms with Crippen LogP contribution in [0.1, 0.15) is 62.9 Å². The second-order valence-corrected chi connectivity index (χ2v) is 11.8. The van der Waals surface area contributed by atoms with Crippen molar-refractivity contribution in [1.82, 2.24) is 0 Å². The number of para-hydroxylation sites is 2. The Balaban J connectivity index is 0.000000230. The van der Waals surface area contributed by atoms with Gasteiger partial charge in [0.2, 0.25) is 0 Å². The van der Waals surface area contributed by atoms with Crippen LogP contribution in [0.3, 0.4) is 0 Å². The molecule has 4 aromatic rings. The van der Waals surface area contributed by atoms with E-state index in [1.807, 2.05) is 71.5 Å². The van der Waals surface area contributed by atoms with Gasteiger partial charge in [-0.05, 0) is 104 Å². The molecule has 8 rings (SSSR count). The smallest absolute Gasteiger partial charge is 1.00 e. The molecule has 0 bridgehead atoms. The van der Waals surface area contributed by atoms with Crippen molar-refractivity contribution >= 4 is 49.2 Å². The Hall–Kier alpha value is -3.65. The topological polar surface area (TPSA) is 65.0 Å². The number of hydrogen-bond acceptors (Lipinski definition) is 4. The van der Waals surface area contributed by atoms with Crippen molar-refractivity contribution in [3.63, 3.8) is 0 Å². The molecule has 0 saturated carbocycles. The van der Waals surface area contributed by atoms with E-state index in [9.17, 15) is 9.59 Å². The van der Waals surface area contributed by atoms with E-state index in [0.29, 0.717) is 5.56 Å². The van der Waals surface area contributed by atoms with E-state index in [1.54, 1.807) is 0 Å². The van der Waals surface area contributed by atoms with Crippen molar-refractivity contribution in [2.24, 2.45) is 4.99 Å². The van der Waals surface area contributed by atoms with Crippen molar-refractivity contribution in [2.45, 2.75) is 60.0 Å². The van der Waals surface area contributed by atoms with Gasteiger partial charge in [-0.15, -0.1) is 0 Å². The quantitative estimate of drug-likeness (QED) is 0.305. The van der Waals surface area contributed by atoms with Crippen LogP contribution in [0.5, 0.6) is 0 Å². The van der Waals surface area contributed by atoms with Crippen LogP contribution >= 0.6 is 0 Å². The zero-order valence-corrected chi connectivity index (χ0v) is 28.0. The van der Waals surface area contributed by atoms with E-state index in [-0.39, 0.29) is 70.7 Å². The van der Waals surface area contributed by atoms with Gasteiger partial charge in [-0.3, -0.25) is 19.5 Å². The first-order chi connectivity index (χ1) is 20.3. The summed E-state index contributed by atoms with van der Waals surface area (Å²) in [4.78, 5) is 34.5. The summed E-state index contributed by atoms with van der Waals surface area (Å²) < 4.78 is 0. The maximum atomic E-state index is 13.0. The van der Waals surface area contributed by atoms with Crippen molar-refractivity contribution in [3.8, 4) is 0 Å². The molecule has 223 valence electrons. The number of carbonyl (C=O) groups excluding carboxylic acids is 2. The largest absolute Gasteiger partial charge is 1.00 e. The van der Waals surface area contributed by atoms with Gasteiger partial charge in [0.15, 0.2) is 0 Å². The molecule has 45 heavy (non-hydrogen) atoms. The molecule has 4 aliphatic heterocycles. The number of anilines is 3. The van der Waals surface area contributed by atoms with Gasteiger partial charge in [-0.25, -0.2) is 0 Å². The number of fused-ring (bicyclic) bond motifs is 8. The summed E-state index contributed by atoms with van der Waals surface area (Å²) in [6.45, 7) is 9.03. The van der Waals surface area contributed by atoms with Crippen LogP contribution in [-0.4, -0.2) is 45.1 Å². The Bertz CT molecular complexity index is 1830. The van der Waals surface area contributed by atoms with Crippen LogP contribution in [0.15, 0.2) is 77.8 Å². The predicted molar refractivity (Wildman–Crippen MR) is 184 cm³/mol. The van der Waals surface area contributed by atoms with Crippen LogP contribution in [0.2, 0.25) is 0 Å². The third-order valence-electron chi connectivity index (χ3n) is 9.14. The third-order valence-corrected chi connectivity index (χ3v) is 9.14. The minimum atomic E-state index is 0.